The summed E-state index contributed by atoms with van der Waals surface area (Å²) in [5, 5.41) is 9.33. The minimum atomic E-state index is -0.967. The molecule has 0 saturated carbocycles. The van der Waals surface area contributed by atoms with Crippen molar-refractivity contribution < 1.29 is 18.3 Å². The predicted octanol–water partition coefficient (Wildman–Crippen LogP) is 4.31. The molecule has 0 unspecified atom stereocenters. The summed E-state index contributed by atoms with van der Waals surface area (Å²) in [5.74, 6) is -2.41. The number of benzene rings is 2. The second kappa shape index (κ2) is 5.67. The summed E-state index contributed by atoms with van der Waals surface area (Å²) in [6.07, 6.45) is -0.753. The quantitative estimate of drug-likeness (QED) is 0.906. The van der Waals surface area contributed by atoms with Crippen LogP contribution in [0.1, 0.15) is 18.6 Å². The first-order valence-electron chi connectivity index (χ1n) is 5.58. The molecule has 0 bridgehead atoms. The molecular formula is C14H11F3OS. The van der Waals surface area contributed by atoms with Crippen LogP contribution >= 0.6 is 11.8 Å². The minimum Gasteiger partial charge on any atom is -0.389 e. The second-order valence-corrected chi connectivity index (χ2v) is 5.16. The number of halogens is 3. The topological polar surface area (TPSA) is 20.2 Å². The Bertz CT molecular complexity index is 599. The van der Waals surface area contributed by atoms with E-state index in [2.05, 4.69) is 0 Å². The normalized spacial score (nSPS) is 12.5. The summed E-state index contributed by atoms with van der Waals surface area (Å²) < 4.78 is 39.6. The summed E-state index contributed by atoms with van der Waals surface area (Å²) in [6.45, 7) is 1.54. The molecule has 0 aliphatic heterocycles. The summed E-state index contributed by atoms with van der Waals surface area (Å²) in [4.78, 5) is 0.693. The van der Waals surface area contributed by atoms with Crippen molar-refractivity contribution in [2.24, 2.45) is 0 Å². The van der Waals surface area contributed by atoms with Gasteiger partial charge in [-0.1, -0.05) is 17.8 Å². The Morgan fingerprint density at radius 2 is 1.68 bits per heavy atom. The smallest absolute Gasteiger partial charge is 0.159 e. The minimum absolute atomic E-state index is 0.287. The predicted molar refractivity (Wildman–Crippen MR) is 67.5 cm³/mol. The van der Waals surface area contributed by atoms with E-state index in [9.17, 15) is 18.3 Å². The fourth-order valence-electron chi connectivity index (χ4n) is 1.53. The summed E-state index contributed by atoms with van der Waals surface area (Å²) in [6, 6.07) is 7.72. The van der Waals surface area contributed by atoms with Gasteiger partial charge in [0.15, 0.2) is 11.6 Å². The van der Waals surface area contributed by atoms with Crippen molar-refractivity contribution >= 4 is 11.8 Å². The third kappa shape index (κ3) is 3.30. The van der Waals surface area contributed by atoms with Crippen molar-refractivity contribution in [1.82, 2.24) is 0 Å². The Hall–Kier alpha value is -1.46. The maximum atomic E-state index is 13.8. The number of rotatable bonds is 3. The Morgan fingerprint density at radius 3 is 2.26 bits per heavy atom. The van der Waals surface area contributed by atoms with Crippen LogP contribution in [0.2, 0.25) is 0 Å². The third-order valence-corrected chi connectivity index (χ3v) is 3.60. The second-order valence-electron chi connectivity index (χ2n) is 4.04. The van der Waals surface area contributed by atoms with Crippen LogP contribution in [0.15, 0.2) is 46.2 Å². The molecule has 0 radical (unpaired) electrons. The van der Waals surface area contributed by atoms with Crippen molar-refractivity contribution in [3.63, 3.8) is 0 Å². The standard InChI is InChI=1S/C14H11F3OS/c1-8(18)9-2-5-14(13(17)6-9)19-10-3-4-11(15)12(16)7-10/h2-8,18H,1H3/t8-/m1/s1. The first-order valence-corrected chi connectivity index (χ1v) is 6.39. The van der Waals surface area contributed by atoms with Gasteiger partial charge in [-0.25, -0.2) is 13.2 Å². The fourth-order valence-corrected chi connectivity index (χ4v) is 2.37. The van der Waals surface area contributed by atoms with Crippen LogP contribution in [0.4, 0.5) is 13.2 Å². The first-order chi connectivity index (χ1) is 8.97. The fraction of sp³-hybridized carbons (Fsp3) is 0.143. The van der Waals surface area contributed by atoms with Crippen LogP contribution in [-0.2, 0) is 0 Å². The Kier molecular flexibility index (Phi) is 4.17. The zero-order valence-electron chi connectivity index (χ0n) is 10.0. The molecule has 0 aromatic heterocycles. The molecule has 100 valence electrons. The Morgan fingerprint density at radius 1 is 0.947 bits per heavy atom. The highest BCUT2D eigenvalue weighted by Gasteiger charge is 2.10. The van der Waals surface area contributed by atoms with E-state index >= 15 is 0 Å². The van der Waals surface area contributed by atoms with E-state index in [1.165, 1.54) is 25.1 Å². The van der Waals surface area contributed by atoms with Gasteiger partial charge in [0.05, 0.1) is 6.10 Å². The number of aliphatic hydroxyl groups excluding tert-OH is 1. The van der Waals surface area contributed by atoms with Gasteiger partial charge in [0.2, 0.25) is 0 Å². The monoisotopic (exact) mass is 284 g/mol. The van der Waals surface area contributed by atoms with Crippen LogP contribution in [-0.4, -0.2) is 5.11 Å². The maximum absolute atomic E-state index is 13.8. The molecule has 2 rings (SSSR count). The molecular weight excluding hydrogens is 273 g/mol. The molecule has 1 N–H and O–H groups in total. The Balaban J connectivity index is 2.25. The van der Waals surface area contributed by atoms with E-state index in [0.29, 0.717) is 10.5 Å². The molecule has 0 amide bonds. The van der Waals surface area contributed by atoms with E-state index in [1.54, 1.807) is 6.07 Å². The van der Waals surface area contributed by atoms with Crippen LogP contribution < -0.4 is 0 Å². The molecule has 1 atom stereocenters. The lowest BCUT2D eigenvalue weighted by Gasteiger charge is -2.08. The van der Waals surface area contributed by atoms with Crippen LogP contribution in [0.5, 0.6) is 0 Å². The average molecular weight is 284 g/mol. The lowest BCUT2D eigenvalue weighted by molar-refractivity contribution is 0.198. The van der Waals surface area contributed by atoms with E-state index in [4.69, 9.17) is 0 Å². The lowest BCUT2D eigenvalue weighted by Crippen LogP contribution is -1.93. The molecule has 2 aromatic carbocycles. The highest BCUT2D eigenvalue weighted by Crippen LogP contribution is 2.31. The number of hydrogen-bond acceptors (Lipinski definition) is 2. The first kappa shape index (κ1) is 14.0. The number of hydrogen-bond donors (Lipinski definition) is 1. The zero-order valence-corrected chi connectivity index (χ0v) is 10.8. The Labute approximate surface area is 113 Å². The van der Waals surface area contributed by atoms with Crippen LogP contribution in [0.3, 0.4) is 0 Å². The molecule has 1 nitrogen and oxygen atoms in total. The van der Waals surface area contributed by atoms with Crippen molar-refractivity contribution in [2.75, 3.05) is 0 Å². The molecule has 0 aliphatic carbocycles. The van der Waals surface area contributed by atoms with E-state index in [-0.39, 0.29) is 4.90 Å². The van der Waals surface area contributed by atoms with Gasteiger partial charge in [0.25, 0.3) is 0 Å². The highest BCUT2D eigenvalue weighted by atomic mass is 32.2. The summed E-state index contributed by atoms with van der Waals surface area (Å²) >= 11 is 0.994. The lowest BCUT2D eigenvalue weighted by atomic mass is 10.1. The van der Waals surface area contributed by atoms with Gasteiger partial charge < -0.3 is 5.11 Å². The molecule has 0 fully saturated rings. The summed E-state index contributed by atoms with van der Waals surface area (Å²) in [5.41, 5.74) is 0.465. The zero-order chi connectivity index (χ0) is 14.0. The molecule has 0 saturated heterocycles. The van der Waals surface area contributed by atoms with Crippen molar-refractivity contribution in [2.45, 2.75) is 22.8 Å². The van der Waals surface area contributed by atoms with Gasteiger partial charge in [-0.2, -0.15) is 0 Å². The largest absolute Gasteiger partial charge is 0.389 e. The van der Waals surface area contributed by atoms with Gasteiger partial charge in [0.1, 0.15) is 5.82 Å². The molecule has 0 heterocycles. The van der Waals surface area contributed by atoms with Gasteiger partial charge >= 0.3 is 0 Å². The molecule has 19 heavy (non-hydrogen) atoms. The third-order valence-electron chi connectivity index (χ3n) is 2.56. The van der Waals surface area contributed by atoms with E-state index in [0.717, 1.165) is 23.9 Å². The van der Waals surface area contributed by atoms with Gasteiger partial charge in [0, 0.05) is 9.79 Å². The van der Waals surface area contributed by atoms with Gasteiger partial charge in [-0.15, -0.1) is 0 Å². The SMILES string of the molecule is C[C@@H](O)c1ccc(Sc2ccc(F)c(F)c2)c(F)c1. The van der Waals surface area contributed by atoms with Gasteiger partial charge in [-0.05, 0) is 42.8 Å². The van der Waals surface area contributed by atoms with Gasteiger partial charge in [-0.3, -0.25) is 0 Å². The van der Waals surface area contributed by atoms with Crippen molar-refractivity contribution in [3.05, 3.63) is 59.4 Å². The molecule has 2 aromatic rings. The van der Waals surface area contributed by atoms with Crippen LogP contribution in [0, 0.1) is 17.5 Å². The van der Waals surface area contributed by atoms with E-state index in [1.807, 2.05) is 0 Å². The molecule has 5 heteroatoms. The van der Waals surface area contributed by atoms with Crippen molar-refractivity contribution in [1.29, 1.82) is 0 Å². The molecule has 0 aliphatic rings. The van der Waals surface area contributed by atoms with Crippen LogP contribution in [0.25, 0.3) is 0 Å². The maximum Gasteiger partial charge on any atom is 0.159 e. The highest BCUT2D eigenvalue weighted by molar-refractivity contribution is 7.99. The number of aliphatic hydroxyl groups is 1. The van der Waals surface area contributed by atoms with Crippen molar-refractivity contribution in [3.8, 4) is 0 Å². The summed E-state index contributed by atoms with van der Waals surface area (Å²) in [7, 11) is 0. The van der Waals surface area contributed by atoms with E-state index < -0.39 is 23.6 Å². The average Bonchev–Trinajstić information content (AvgIpc) is 2.36. The molecule has 0 spiro atoms.